The van der Waals surface area contributed by atoms with E-state index in [-0.39, 0.29) is 18.9 Å². The lowest BCUT2D eigenvalue weighted by atomic mass is 10.1. The Hall–Kier alpha value is -3.33. The van der Waals surface area contributed by atoms with Gasteiger partial charge in [0.25, 0.3) is 5.91 Å². The van der Waals surface area contributed by atoms with Crippen molar-refractivity contribution in [2.45, 2.75) is 19.1 Å². The van der Waals surface area contributed by atoms with Gasteiger partial charge in [-0.1, -0.05) is 24.3 Å². The van der Waals surface area contributed by atoms with Gasteiger partial charge in [0.1, 0.15) is 12.4 Å². The van der Waals surface area contributed by atoms with E-state index in [9.17, 15) is 9.59 Å². The number of carbonyl (C=O) groups excluding carboxylic acids is 2. The zero-order chi connectivity index (χ0) is 16.9. The Morgan fingerprint density at radius 3 is 2.92 bits per heavy atom. The molecule has 0 saturated heterocycles. The maximum Gasteiger partial charge on any atom is 0.310 e. The van der Waals surface area contributed by atoms with Crippen LogP contribution >= 0.6 is 0 Å². The first kappa shape index (κ1) is 15.6. The molecule has 1 aliphatic heterocycles. The van der Waals surface area contributed by atoms with Crippen LogP contribution in [0.1, 0.15) is 17.5 Å². The van der Waals surface area contributed by atoms with Gasteiger partial charge in [-0.2, -0.15) is 5.26 Å². The molecule has 1 N–H and O–H groups in total. The van der Waals surface area contributed by atoms with Crippen LogP contribution in [0.5, 0.6) is 5.75 Å². The lowest BCUT2D eigenvalue weighted by Gasteiger charge is -2.25. The Balaban J connectivity index is 1.57. The summed E-state index contributed by atoms with van der Waals surface area (Å²) in [6.45, 7) is 0.0410. The predicted molar refractivity (Wildman–Crippen MR) is 85.1 cm³/mol. The lowest BCUT2D eigenvalue weighted by molar-refractivity contribution is -0.149. The van der Waals surface area contributed by atoms with E-state index >= 15 is 0 Å². The van der Waals surface area contributed by atoms with Gasteiger partial charge >= 0.3 is 5.97 Å². The summed E-state index contributed by atoms with van der Waals surface area (Å²) in [5.41, 5.74) is 1.79. The third kappa shape index (κ3) is 3.52. The normalized spacial score (nSPS) is 15.5. The fourth-order valence-electron chi connectivity index (χ4n) is 2.33. The van der Waals surface area contributed by atoms with Gasteiger partial charge in [0.15, 0.2) is 6.10 Å². The summed E-state index contributed by atoms with van der Waals surface area (Å²) in [5.74, 6) is -0.398. The second-order valence-electron chi connectivity index (χ2n) is 5.27. The molecule has 1 amide bonds. The van der Waals surface area contributed by atoms with Gasteiger partial charge in [0.05, 0.1) is 23.7 Å². The average Bonchev–Trinajstić information content (AvgIpc) is 2.61. The molecule has 24 heavy (non-hydrogen) atoms. The van der Waals surface area contributed by atoms with E-state index in [1.54, 1.807) is 48.5 Å². The Bertz CT molecular complexity index is 826. The second kappa shape index (κ2) is 6.84. The van der Waals surface area contributed by atoms with Crippen LogP contribution in [-0.4, -0.2) is 18.0 Å². The van der Waals surface area contributed by atoms with E-state index in [1.165, 1.54) is 0 Å². The number of hydrogen-bond donors (Lipinski definition) is 1. The Kier molecular flexibility index (Phi) is 4.43. The van der Waals surface area contributed by atoms with Gasteiger partial charge in [0, 0.05) is 0 Å². The number of fused-ring (bicyclic) bond motifs is 1. The van der Waals surface area contributed by atoms with Gasteiger partial charge in [-0.25, -0.2) is 0 Å². The van der Waals surface area contributed by atoms with Crippen LogP contribution in [0.4, 0.5) is 5.69 Å². The first-order valence-corrected chi connectivity index (χ1v) is 7.37. The quantitative estimate of drug-likeness (QED) is 0.873. The third-order valence-electron chi connectivity index (χ3n) is 3.51. The molecular weight excluding hydrogens is 308 g/mol. The molecule has 0 saturated carbocycles. The van der Waals surface area contributed by atoms with Crippen molar-refractivity contribution in [3.05, 3.63) is 59.7 Å². The molecule has 1 heterocycles. The smallest absolute Gasteiger partial charge is 0.310 e. The Labute approximate surface area is 138 Å². The van der Waals surface area contributed by atoms with Crippen molar-refractivity contribution >= 4 is 17.6 Å². The number of para-hydroxylation sites is 2. The second-order valence-corrected chi connectivity index (χ2v) is 5.27. The number of esters is 1. The highest BCUT2D eigenvalue weighted by molar-refractivity contribution is 5.99. The monoisotopic (exact) mass is 322 g/mol. The largest absolute Gasteiger partial charge is 0.478 e. The number of hydrogen-bond acceptors (Lipinski definition) is 5. The summed E-state index contributed by atoms with van der Waals surface area (Å²) in [5, 5.41) is 11.5. The standard InChI is InChI=1S/C18H14N2O4/c19-10-12-4-3-5-13(8-12)11-23-17(21)9-16-18(22)20-14-6-1-2-7-15(14)24-16/h1-8,16H,9,11H2,(H,20,22). The van der Waals surface area contributed by atoms with Crippen LogP contribution in [0.2, 0.25) is 0 Å². The molecule has 2 aromatic carbocycles. The minimum absolute atomic E-state index is 0.0410. The van der Waals surface area contributed by atoms with Crippen LogP contribution < -0.4 is 10.1 Å². The highest BCUT2D eigenvalue weighted by Gasteiger charge is 2.30. The summed E-state index contributed by atoms with van der Waals surface area (Å²) in [4.78, 5) is 23.9. The van der Waals surface area contributed by atoms with Crippen LogP contribution in [0.15, 0.2) is 48.5 Å². The predicted octanol–water partition coefficient (Wildman–Crippen LogP) is 2.39. The molecule has 120 valence electrons. The molecular formula is C18H14N2O4. The van der Waals surface area contributed by atoms with E-state index in [1.807, 2.05) is 6.07 Å². The first-order valence-electron chi connectivity index (χ1n) is 7.37. The molecule has 0 aliphatic carbocycles. The average molecular weight is 322 g/mol. The molecule has 0 aromatic heterocycles. The van der Waals surface area contributed by atoms with Gasteiger partial charge in [-0.3, -0.25) is 9.59 Å². The van der Waals surface area contributed by atoms with Crippen LogP contribution in [0.3, 0.4) is 0 Å². The van der Waals surface area contributed by atoms with Gasteiger partial charge in [0.2, 0.25) is 0 Å². The Morgan fingerprint density at radius 2 is 2.08 bits per heavy atom. The lowest BCUT2D eigenvalue weighted by Crippen LogP contribution is -2.38. The molecule has 1 unspecified atom stereocenters. The summed E-state index contributed by atoms with van der Waals surface area (Å²) < 4.78 is 10.7. The molecule has 2 aromatic rings. The van der Waals surface area contributed by atoms with E-state index in [0.29, 0.717) is 22.6 Å². The zero-order valence-electron chi connectivity index (χ0n) is 12.7. The fraction of sp³-hybridized carbons (Fsp3) is 0.167. The van der Waals surface area contributed by atoms with Gasteiger partial charge in [-0.15, -0.1) is 0 Å². The van der Waals surface area contributed by atoms with E-state index in [0.717, 1.165) is 0 Å². The number of anilines is 1. The van der Waals surface area contributed by atoms with Crippen molar-refractivity contribution in [1.29, 1.82) is 5.26 Å². The molecule has 0 spiro atoms. The van der Waals surface area contributed by atoms with Crippen LogP contribution in [0, 0.1) is 11.3 Å². The molecule has 1 atom stereocenters. The third-order valence-corrected chi connectivity index (χ3v) is 3.51. The zero-order valence-corrected chi connectivity index (χ0v) is 12.7. The molecule has 0 fully saturated rings. The number of carbonyl (C=O) groups is 2. The molecule has 6 nitrogen and oxygen atoms in total. The Morgan fingerprint density at radius 1 is 1.25 bits per heavy atom. The fourth-order valence-corrected chi connectivity index (χ4v) is 2.33. The maximum atomic E-state index is 12.0. The van der Waals surface area contributed by atoms with Crippen molar-refractivity contribution in [2.75, 3.05) is 5.32 Å². The number of nitrogens with one attached hydrogen (secondary N) is 1. The number of benzene rings is 2. The summed E-state index contributed by atoms with van der Waals surface area (Å²) in [7, 11) is 0. The first-order chi connectivity index (χ1) is 11.7. The van der Waals surface area contributed by atoms with E-state index in [4.69, 9.17) is 14.7 Å². The summed E-state index contributed by atoms with van der Waals surface area (Å²) in [6, 6.07) is 15.8. The van der Waals surface area contributed by atoms with Gasteiger partial charge in [-0.05, 0) is 29.8 Å². The summed E-state index contributed by atoms with van der Waals surface area (Å²) in [6.07, 6.45) is -1.10. The SMILES string of the molecule is N#Cc1cccc(COC(=O)CC2Oc3ccccc3NC2=O)c1. The molecule has 6 heteroatoms. The number of amides is 1. The highest BCUT2D eigenvalue weighted by atomic mass is 16.5. The van der Waals surface area contributed by atoms with E-state index < -0.39 is 12.1 Å². The van der Waals surface area contributed by atoms with Crippen molar-refractivity contribution in [1.82, 2.24) is 0 Å². The van der Waals surface area contributed by atoms with Crippen molar-refractivity contribution in [3.8, 4) is 11.8 Å². The van der Waals surface area contributed by atoms with Gasteiger partial charge < -0.3 is 14.8 Å². The maximum absolute atomic E-state index is 12.0. The highest BCUT2D eigenvalue weighted by Crippen LogP contribution is 2.29. The van der Waals surface area contributed by atoms with Crippen molar-refractivity contribution < 1.29 is 19.1 Å². The van der Waals surface area contributed by atoms with E-state index in [2.05, 4.69) is 5.32 Å². The topological polar surface area (TPSA) is 88.4 Å². The van der Waals surface area contributed by atoms with Crippen LogP contribution in [0.25, 0.3) is 0 Å². The molecule has 0 bridgehead atoms. The number of nitrogens with zero attached hydrogens (tertiary/aromatic N) is 1. The summed E-state index contributed by atoms with van der Waals surface area (Å²) >= 11 is 0. The number of rotatable bonds is 4. The minimum Gasteiger partial charge on any atom is -0.478 e. The number of nitriles is 1. The molecule has 0 radical (unpaired) electrons. The molecule has 1 aliphatic rings. The molecule has 3 rings (SSSR count). The number of ether oxygens (including phenoxy) is 2. The minimum atomic E-state index is -0.919. The van der Waals surface area contributed by atoms with Crippen LogP contribution in [-0.2, 0) is 20.9 Å². The van der Waals surface area contributed by atoms with Crippen molar-refractivity contribution in [3.63, 3.8) is 0 Å². The van der Waals surface area contributed by atoms with Crippen molar-refractivity contribution in [2.24, 2.45) is 0 Å².